The molecule has 2 N–H and O–H groups in total. The summed E-state index contributed by atoms with van der Waals surface area (Å²) in [5.41, 5.74) is 7.48. The fourth-order valence-electron chi connectivity index (χ4n) is 3.07. The molecule has 1 fully saturated rings. The predicted octanol–water partition coefficient (Wildman–Crippen LogP) is 3.89. The minimum Gasteiger partial charge on any atom is -0.326 e. The molecule has 2 atom stereocenters. The Kier molecular flexibility index (Phi) is 5.11. The number of alkyl halides is 2. The average Bonchev–Trinajstić information content (AvgIpc) is 2.60. The summed E-state index contributed by atoms with van der Waals surface area (Å²) in [7, 11) is 0. The molecule has 1 aromatic carbocycles. The van der Waals surface area contributed by atoms with E-state index in [1.165, 1.54) is 12.1 Å². The maximum absolute atomic E-state index is 12.7. The Balaban J connectivity index is 2.29. The minimum atomic E-state index is -2.41. The van der Waals surface area contributed by atoms with Crippen LogP contribution in [0.3, 0.4) is 0 Å². The summed E-state index contributed by atoms with van der Waals surface area (Å²) in [6, 6.07) is 7.27. The van der Waals surface area contributed by atoms with Crippen molar-refractivity contribution in [2.24, 2.45) is 5.73 Å². The number of nitrogens with two attached hydrogens (primary N) is 1. The molecule has 2 nitrogen and oxygen atoms in total. The Morgan fingerprint density at radius 1 is 1.15 bits per heavy atom. The molecule has 2 rings (SSSR count). The Morgan fingerprint density at radius 3 is 2.35 bits per heavy atom. The Morgan fingerprint density at radius 2 is 1.80 bits per heavy atom. The maximum atomic E-state index is 12.7. The monoisotopic (exact) mass is 282 g/mol. The molecule has 0 spiro atoms. The smallest absolute Gasteiger partial charge is 0.263 e. The number of rotatable bonds is 3. The van der Waals surface area contributed by atoms with Crippen LogP contribution in [0.2, 0.25) is 0 Å². The van der Waals surface area contributed by atoms with E-state index in [0.717, 1.165) is 31.4 Å². The van der Waals surface area contributed by atoms with Gasteiger partial charge in [0.2, 0.25) is 0 Å². The topological polar surface area (TPSA) is 29.3 Å². The predicted molar refractivity (Wildman–Crippen MR) is 77.8 cm³/mol. The highest BCUT2D eigenvalue weighted by Gasteiger charge is 2.30. The lowest BCUT2D eigenvalue weighted by atomic mass is 9.94. The third kappa shape index (κ3) is 3.36. The quantitative estimate of drug-likeness (QED) is 0.911. The van der Waals surface area contributed by atoms with Crippen LogP contribution in [-0.4, -0.2) is 23.5 Å². The van der Waals surface area contributed by atoms with Crippen molar-refractivity contribution in [2.75, 3.05) is 6.54 Å². The highest BCUT2D eigenvalue weighted by atomic mass is 19.3. The molecule has 112 valence electrons. The zero-order chi connectivity index (χ0) is 14.7. The normalized spacial score (nSPS) is 25.1. The molecule has 0 saturated carbocycles. The molecule has 1 heterocycles. The molecule has 20 heavy (non-hydrogen) atoms. The van der Waals surface area contributed by atoms with Crippen molar-refractivity contribution in [3.8, 4) is 0 Å². The third-order valence-corrected chi connectivity index (χ3v) is 4.16. The van der Waals surface area contributed by atoms with Gasteiger partial charge in [0.15, 0.2) is 0 Å². The van der Waals surface area contributed by atoms with E-state index in [1.807, 2.05) is 12.1 Å². The van der Waals surface area contributed by atoms with Crippen molar-refractivity contribution in [1.82, 2.24) is 4.90 Å². The zero-order valence-corrected chi connectivity index (χ0v) is 12.2. The lowest BCUT2D eigenvalue weighted by Gasteiger charge is -2.36. The van der Waals surface area contributed by atoms with Gasteiger partial charge in [-0.15, -0.1) is 0 Å². The van der Waals surface area contributed by atoms with Gasteiger partial charge in [0.05, 0.1) is 6.04 Å². The molecule has 0 amide bonds. The number of halogens is 2. The molecule has 0 aromatic heterocycles. The lowest BCUT2D eigenvalue weighted by Crippen LogP contribution is -2.43. The summed E-state index contributed by atoms with van der Waals surface area (Å²) >= 11 is 0. The van der Waals surface area contributed by atoms with E-state index in [4.69, 9.17) is 5.73 Å². The zero-order valence-electron chi connectivity index (χ0n) is 12.2. The van der Waals surface area contributed by atoms with Crippen molar-refractivity contribution in [1.29, 1.82) is 0 Å². The minimum absolute atomic E-state index is 0.0669. The molecule has 1 aliphatic rings. The van der Waals surface area contributed by atoms with Crippen LogP contribution in [0, 0.1) is 0 Å². The summed E-state index contributed by atoms with van der Waals surface area (Å²) in [6.45, 7) is 5.35. The first-order valence-electron chi connectivity index (χ1n) is 7.40. The molecule has 2 unspecified atom stereocenters. The number of hydrogen-bond donors (Lipinski definition) is 1. The number of benzene rings is 1. The Labute approximate surface area is 120 Å². The molecule has 0 aliphatic carbocycles. The van der Waals surface area contributed by atoms with Gasteiger partial charge in [-0.25, -0.2) is 8.78 Å². The second-order valence-corrected chi connectivity index (χ2v) is 5.90. The van der Waals surface area contributed by atoms with Gasteiger partial charge in [0.25, 0.3) is 6.43 Å². The summed E-state index contributed by atoms with van der Waals surface area (Å²) in [5, 5.41) is 0. The van der Waals surface area contributed by atoms with Crippen LogP contribution >= 0.6 is 0 Å². The van der Waals surface area contributed by atoms with Gasteiger partial charge in [-0.3, -0.25) is 4.90 Å². The van der Waals surface area contributed by atoms with Crippen molar-refractivity contribution in [2.45, 2.75) is 57.7 Å². The maximum Gasteiger partial charge on any atom is 0.263 e. The van der Waals surface area contributed by atoms with Crippen molar-refractivity contribution in [3.05, 3.63) is 35.4 Å². The molecule has 1 aliphatic heterocycles. The highest BCUT2D eigenvalue weighted by Crippen LogP contribution is 2.32. The second-order valence-electron chi connectivity index (χ2n) is 5.90. The van der Waals surface area contributed by atoms with E-state index in [-0.39, 0.29) is 17.6 Å². The van der Waals surface area contributed by atoms with Gasteiger partial charge < -0.3 is 5.73 Å². The second kappa shape index (κ2) is 6.64. The number of hydrogen-bond acceptors (Lipinski definition) is 2. The van der Waals surface area contributed by atoms with Gasteiger partial charge in [-0.2, -0.15) is 0 Å². The Hall–Kier alpha value is -1.00. The van der Waals surface area contributed by atoms with Crippen LogP contribution in [0.15, 0.2) is 24.3 Å². The third-order valence-electron chi connectivity index (χ3n) is 4.16. The first kappa shape index (κ1) is 15.4. The van der Waals surface area contributed by atoms with E-state index in [1.54, 1.807) is 0 Å². The number of likely N-dealkylation sites (tertiary alicyclic amines) is 1. The van der Waals surface area contributed by atoms with Crippen LogP contribution in [-0.2, 0) is 0 Å². The molecule has 0 radical (unpaired) electrons. The van der Waals surface area contributed by atoms with E-state index >= 15 is 0 Å². The summed E-state index contributed by atoms with van der Waals surface area (Å²) in [5.74, 6) is 0. The Bertz CT molecular complexity index is 417. The van der Waals surface area contributed by atoms with Crippen molar-refractivity contribution in [3.63, 3.8) is 0 Å². The first-order valence-corrected chi connectivity index (χ1v) is 7.40. The van der Waals surface area contributed by atoms with Crippen LogP contribution in [0.5, 0.6) is 0 Å². The molecule has 0 bridgehead atoms. The van der Waals surface area contributed by atoms with E-state index < -0.39 is 6.43 Å². The molecule has 4 heteroatoms. The van der Waals surface area contributed by atoms with Crippen molar-refractivity contribution < 1.29 is 8.78 Å². The van der Waals surface area contributed by atoms with E-state index in [2.05, 4.69) is 18.7 Å². The molecular weight excluding hydrogens is 258 g/mol. The lowest BCUT2D eigenvalue weighted by molar-refractivity contribution is 0.143. The van der Waals surface area contributed by atoms with Crippen LogP contribution < -0.4 is 5.73 Å². The fourth-order valence-corrected chi connectivity index (χ4v) is 3.07. The largest absolute Gasteiger partial charge is 0.326 e. The summed E-state index contributed by atoms with van der Waals surface area (Å²) < 4.78 is 25.3. The van der Waals surface area contributed by atoms with Crippen LogP contribution in [0.1, 0.15) is 56.7 Å². The van der Waals surface area contributed by atoms with E-state index in [0.29, 0.717) is 6.04 Å². The summed E-state index contributed by atoms with van der Waals surface area (Å²) in [6.07, 6.45) is 0.867. The van der Waals surface area contributed by atoms with Gasteiger partial charge >= 0.3 is 0 Å². The van der Waals surface area contributed by atoms with E-state index in [9.17, 15) is 8.78 Å². The van der Waals surface area contributed by atoms with Crippen LogP contribution in [0.25, 0.3) is 0 Å². The molecule has 1 saturated heterocycles. The van der Waals surface area contributed by atoms with Gasteiger partial charge in [-0.1, -0.05) is 30.7 Å². The highest BCUT2D eigenvalue weighted by molar-refractivity contribution is 5.27. The average molecular weight is 282 g/mol. The van der Waals surface area contributed by atoms with Crippen molar-refractivity contribution >= 4 is 0 Å². The summed E-state index contributed by atoms with van der Waals surface area (Å²) in [4.78, 5) is 2.40. The van der Waals surface area contributed by atoms with Crippen LogP contribution in [0.4, 0.5) is 8.78 Å². The van der Waals surface area contributed by atoms with Gasteiger partial charge in [0, 0.05) is 17.6 Å². The molecule has 1 aromatic rings. The fraction of sp³-hybridized carbons (Fsp3) is 0.625. The number of nitrogens with zero attached hydrogens (tertiary/aromatic N) is 1. The van der Waals surface area contributed by atoms with Gasteiger partial charge in [0.1, 0.15) is 0 Å². The van der Waals surface area contributed by atoms with Gasteiger partial charge in [-0.05, 0) is 38.8 Å². The first-order chi connectivity index (χ1) is 9.50. The molecular formula is C16H24F2N2. The standard InChI is InChI=1S/C16H24F2N2/c1-11(2)20-10-4-3-5-14(19)15(20)12-6-8-13(9-7-12)16(17)18/h6-9,11,14-16H,3-5,10,19H2,1-2H3. The SMILES string of the molecule is CC(C)N1CCCCC(N)C1c1ccc(C(F)F)cc1.